The first-order chi connectivity index (χ1) is 10.6. The maximum absolute atomic E-state index is 10.0. The fraction of sp³-hybridized carbons (Fsp3) is 0.400. The van der Waals surface area contributed by atoms with Gasteiger partial charge in [0.15, 0.2) is 0 Å². The lowest BCUT2D eigenvalue weighted by atomic mass is 10.2. The van der Waals surface area contributed by atoms with Crippen molar-refractivity contribution < 1.29 is 9.84 Å². The summed E-state index contributed by atoms with van der Waals surface area (Å²) >= 11 is 0. The Kier molecular flexibility index (Phi) is 5.47. The van der Waals surface area contributed by atoms with Gasteiger partial charge in [0, 0.05) is 13.6 Å². The van der Waals surface area contributed by atoms with E-state index in [1.54, 1.807) is 28.9 Å². The Hall–Kier alpha value is -2.43. The SMILES string of the molecule is CN(Cc1ncnn1C)CC(O)COc1ccc(C#N)cc1. The first kappa shape index (κ1) is 15.9. The molecule has 1 N–H and O–H groups in total. The van der Waals surface area contributed by atoms with Crippen LogP contribution in [0.1, 0.15) is 11.4 Å². The highest BCUT2D eigenvalue weighted by atomic mass is 16.5. The number of aryl methyl sites for hydroxylation is 1. The first-order valence-corrected chi connectivity index (χ1v) is 6.91. The Morgan fingerprint density at radius 1 is 1.41 bits per heavy atom. The largest absolute Gasteiger partial charge is 0.491 e. The molecule has 7 heteroatoms. The summed E-state index contributed by atoms with van der Waals surface area (Å²) in [6.07, 6.45) is 0.891. The van der Waals surface area contributed by atoms with Gasteiger partial charge in [-0.05, 0) is 31.3 Å². The fourth-order valence-electron chi connectivity index (χ4n) is 2.00. The summed E-state index contributed by atoms with van der Waals surface area (Å²) in [7, 11) is 3.74. The van der Waals surface area contributed by atoms with Gasteiger partial charge < -0.3 is 9.84 Å². The molecular formula is C15H19N5O2. The van der Waals surface area contributed by atoms with Crippen molar-refractivity contribution in [3.05, 3.63) is 42.0 Å². The molecule has 1 heterocycles. The quantitative estimate of drug-likeness (QED) is 0.804. The number of likely N-dealkylation sites (N-methyl/N-ethyl adjacent to an activating group) is 1. The molecule has 1 unspecified atom stereocenters. The number of aliphatic hydroxyl groups is 1. The normalized spacial score (nSPS) is 12.1. The van der Waals surface area contributed by atoms with Crippen LogP contribution in [0.25, 0.3) is 0 Å². The number of hydrogen-bond acceptors (Lipinski definition) is 6. The molecule has 2 aromatic rings. The van der Waals surface area contributed by atoms with E-state index in [-0.39, 0.29) is 6.61 Å². The molecule has 0 spiro atoms. The summed E-state index contributed by atoms with van der Waals surface area (Å²) in [5, 5.41) is 22.7. The standard InChI is InChI=1S/C15H19N5O2/c1-19(9-15-17-11-18-20(15)2)8-13(21)10-22-14-5-3-12(7-16)4-6-14/h3-6,11,13,21H,8-10H2,1-2H3. The number of hydrogen-bond donors (Lipinski definition) is 1. The van der Waals surface area contributed by atoms with Gasteiger partial charge in [-0.25, -0.2) is 4.98 Å². The second-order valence-electron chi connectivity index (χ2n) is 5.10. The molecule has 22 heavy (non-hydrogen) atoms. The lowest BCUT2D eigenvalue weighted by Crippen LogP contribution is -2.33. The summed E-state index contributed by atoms with van der Waals surface area (Å²) in [5.74, 6) is 1.47. The Morgan fingerprint density at radius 3 is 2.73 bits per heavy atom. The van der Waals surface area contributed by atoms with E-state index in [0.29, 0.717) is 24.4 Å². The molecular weight excluding hydrogens is 282 g/mol. The number of aromatic nitrogens is 3. The molecule has 1 aromatic carbocycles. The van der Waals surface area contributed by atoms with Gasteiger partial charge in [0.2, 0.25) is 0 Å². The zero-order chi connectivity index (χ0) is 15.9. The van der Waals surface area contributed by atoms with Crippen molar-refractivity contribution in [1.29, 1.82) is 5.26 Å². The van der Waals surface area contributed by atoms with Gasteiger partial charge in [-0.3, -0.25) is 9.58 Å². The van der Waals surface area contributed by atoms with Crippen LogP contribution in [0.15, 0.2) is 30.6 Å². The van der Waals surface area contributed by atoms with Crippen LogP contribution in [-0.4, -0.2) is 51.1 Å². The smallest absolute Gasteiger partial charge is 0.140 e. The Labute approximate surface area is 129 Å². The molecule has 0 aliphatic heterocycles. The molecule has 1 aromatic heterocycles. The van der Waals surface area contributed by atoms with Crippen LogP contribution in [0.2, 0.25) is 0 Å². The van der Waals surface area contributed by atoms with Gasteiger partial charge in [-0.15, -0.1) is 0 Å². The van der Waals surface area contributed by atoms with E-state index in [1.165, 1.54) is 6.33 Å². The average molecular weight is 301 g/mol. The Bertz CT molecular complexity index is 632. The van der Waals surface area contributed by atoms with Crippen molar-refractivity contribution >= 4 is 0 Å². The van der Waals surface area contributed by atoms with Gasteiger partial charge >= 0.3 is 0 Å². The van der Waals surface area contributed by atoms with E-state index in [0.717, 1.165) is 5.82 Å². The third kappa shape index (κ3) is 4.55. The second kappa shape index (κ2) is 7.54. The van der Waals surface area contributed by atoms with Crippen LogP contribution in [0.5, 0.6) is 5.75 Å². The molecule has 0 amide bonds. The van der Waals surface area contributed by atoms with Crippen molar-refractivity contribution in [3.63, 3.8) is 0 Å². The van der Waals surface area contributed by atoms with Crippen LogP contribution < -0.4 is 4.74 Å². The Morgan fingerprint density at radius 2 is 2.14 bits per heavy atom. The zero-order valence-electron chi connectivity index (χ0n) is 12.7. The highest BCUT2D eigenvalue weighted by Gasteiger charge is 2.11. The van der Waals surface area contributed by atoms with E-state index >= 15 is 0 Å². The van der Waals surface area contributed by atoms with Crippen LogP contribution >= 0.6 is 0 Å². The summed E-state index contributed by atoms with van der Waals surface area (Å²) in [6, 6.07) is 8.84. The van der Waals surface area contributed by atoms with Crippen LogP contribution in [0.3, 0.4) is 0 Å². The lowest BCUT2D eigenvalue weighted by molar-refractivity contribution is 0.0734. The van der Waals surface area contributed by atoms with E-state index in [9.17, 15) is 5.11 Å². The van der Waals surface area contributed by atoms with Crippen LogP contribution in [0, 0.1) is 11.3 Å². The summed E-state index contributed by atoms with van der Waals surface area (Å²) < 4.78 is 7.21. The number of nitrogens with zero attached hydrogens (tertiary/aromatic N) is 5. The summed E-state index contributed by atoms with van der Waals surface area (Å²) in [4.78, 5) is 6.10. The van der Waals surface area contributed by atoms with Gasteiger partial charge in [-0.2, -0.15) is 10.4 Å². The minimum atomic E-state index is -0.617. The van der Waals surface area contributed by atoms with Gasteiger partial charge in [0.25, 0.3) is 0 Å². The molecule has 0 fully saturated rings. The van der Waals surface area contributed by atoms with E-state index in [1.807, 2.05) is 25.1 Å². The molecule has 0 saturated heterocycles. The van der Waals surface area contributed by atoms with Crippen molar-refractivity contribution in [3.8, 4) is 11.8 Å². The fourth-order valence-corrected chi connectivity index (χ4v) is 2.00. The Balaban J connectivity index is 1.76. The molecule has 1 atom stereocenters. The average Bonchev–Trinajstić information content (AvgIpc) is 2.90. The first-order valence-electron chi connectivity index (χ1n) is 6.91. The molecule has 0 saturated carbocycles. The lowest BCUT2D eigenvalue weighted by Gasteiger charge is -2.20. The van der Waals surface area contributed by atoms with Crippen LogP contribution in [-0.2, 0) is 13.6 Å². The third-order valence-electron chi connectivity index (χ3n) is 3.16. The van der Waals surface area contributed by atoms with Gasteiger partial charge in [-0.1, -0.05) is 0 Å². The van der Waals surface area contributed by atoms with Crippen LogP contribution in [0.4, 0.5) is 0 Å². The minimum Gasteiger partial charge on any atom is -0.491 e. The van der Waals surface area contributed by atoms with E-state index < -0.39 is 6.10 Å². The highest BCUT2D eigenvalue weighted by molar-refractivity contribution is 5.34. The second-order valence-corrected chi connectivity index (χ2v) is 5.10. The maximum atomic E-state index is 10.0. The molecule has 0 aliphatic carbocycles. The summed E-state index contributed by atoms with van der Waals surface area (Å²) in [6.45, 7) is 1.25. The minimum absolute atomic E-state index is 0.190. The maximum Gasteiger partial charge on any atom is 0.140 e. The van der Waals surface area contributed by atoms with Gasteiger partial charge in [0.05, 0.1) is 18.2 Å². The van der Waals surface area contributed by atoms with Crippen molar-refractivity contribution in [2.24, 2.45) is 7.05 Å². The molecule has 0 aliphatic rings. The predicted molar refractivity (Wildman–Crippen MR) is 80.0 cm³/mol. The molecule has 2 rings (SSSR count). The molecule has 0 radical (unpaired) electrons. The topological polar surface area (TPSA) is 87.2 Å². The molecule has 116 valence electrons. The molecule has 7 nitrogen and oxygen atoms in total. The van der Waals surface area contributed by atoms with Gasteiger partial charge in [0.1, 0.15) is 30.6 Å². The number of ether oxygens (including phenoxy) is 1. The number of benzene rings is 1. The van der Waals surface area contributed by atoms with Crippen molar-refractivity contribution in [2.45, 2.75) is 12.6 Å². The van der Waals surface area contributed by atoms with Crippen molar-refractivity contribution in [1.82, 2.24) is 19.7 Å². The monoisotopic (exact) mass is 301 g/mol. The third-order valence-corrected chi connectivity index (χ3v) is 3.16. The number of nitriles is 1. The summed E-state index contributed by atoms with van der Waals surface area (Å²) in [5.41, 5.74) is 0.580. The zero-order valence-corrected chi connectivity index (χ0v) is 12.7. The number of aliphatic hydroxyl groups excluding tert-OH is 1. The van der Waals surface area contributed by atoms with E-state index in [2.05, 4.69) is 10.1 Å². The predicted octanol–water partition coefficient (Wildman–Crippen LogP) is 0.558. The number of rotatable bonds is 7. The highest BCUT2D eigenvalue weighted by Crippen LogP contribution is 2.12. The van der Waals surface area contributed by atoms with Crippen molar-refractivity contribution in [2.75, 3.05) is 20.2 Å². The molecule has 0 bridgehead atoms. The van der Waals surface area contributed by atoms with E-state index in [4.69, 9.17) is 10.00 Å².